The van der Waals surface area contributed by atoms with Crippen LogP contribution in [0.1, 0.15) is 37.3 Å². The Kier molecular flexibility index (Phi) is 11.2. The third-order valence-electron chi connectivity index (χ3n) is 7.31. The average molecular weight is 655 g/mol. The van der Waals surface area contributed by atoms with Crippen molar-refractivity contribution in [3.63, 3.8) is 0 Å². The molecule has 4 rings (SSSR count). The molecule has 1 aliphatic rings. The van der Waals surface area contributed by atoms with E-state index in [-0.39, 0.29) is 13.0 Å². The molecule has 0 bridgehead atoms. The molecule has 1 heterocycles. The fourth-order valence-corrected chi connectivity index (χ4v) is 5.30. The Balaban J connectivity index is 1.63. The number of nitrogens with two attached hydrogens (primary N) is 2. The van der Waals surface area contributed by atoms with Gasteiger partial charge >= 0.3 is 0 Å². The van der Waals surface area contributed by atoms with Gasteiger partial charge in [-0.3, -0.25) is 24.3 Å². The van der Waals surface area contributed by atoms with Crippen molar-refractivity contribution in [3.8, 4) is 0 Å². The standard InChI is InChI=1S/C32H34Cl2FN7O3/c1-2-3-4-23(34)17-42(38)27-12-7-22(33)15-28(27)40-18-31(44)41(19-30(40)43)29(13-20-5-8-24(35)9-6-20)32(45)39-25-10-11-26(37)21(14-25)16-36/h5-12,14-17,29,36H,2-4,13,18-19,37-38H2,1H3,(H,39,45)/b23-17+,36-16?. The number of benzene rings is 3. The van der Waals surface area contributed by atoms with E-state index in [1.807, 2.05) is 6.92 Å². The van der Waals surface area contributed by atoms with Gasteiger partial charge in [0, 0.05) is 45.8 Å². The number of nitrogens with zero attached hydrogens (tertiary/aromatic N) is 3. The Morgan fingerprint density at radius 2 is 1.84 bits per heavy atom. The predicted octanol–water partition coefficient (Wildman–Crippen LogP) is 5.43. The number of hydrogen-bond donors (Lipinski definition) is 4. The van der Waals surface area contributed by atoms with Crippen LogP contribution in [0.2, 0.25) is 5.02 Å². The van der Waals surface area contributed by atoms with E-state index in [9.17, 15) is 18.8 Å². The number of hydrogen-bond acceptors (Lipinski definition) is 7. The van der Waals surface area contributed by atoms with Crippen LogP contribution in [-0.2, 0) is 20.8 Å². The molecule has 3 aromatic carbocycles. The van der Waals surface area contributed by atoms with E-state index in [1.54, 1.807) is 30.5 Å². The maximum absolute atomic E-state index is 13.7. The summed E-state index contributed by atoms with van der Waals surface area (Å²) in [5.74, 6) is 4.32. The second-order valence-corrected chi connectivity index (χ2v) is 11.5. The van der Waals surface area contributed by atoms with Crippen molar-refractivity contribution < 1.29 is 18.8 Å². The Morgan fingerprint density at radius 1 is 1.11 bits per heavy atom. The average Bonchev–Trinajstić information content (AvgIpc) is 3.01. The van der Waals surface area contributed by atoms with Crippen LogP contribution in [0.5, 0.6) is 0 Å². The molecular weight excluding hydrogens is 620 g/mol. The molecule has 1 saturated heterocycles. The highest BCUT2D eigenvalue weighted by molar-refractivity contribution is 6.31. The fourth-order valence-electron chi connectivity index (χ4n) is 4.89. The van der Waals surface area contributed by atoms with Gasteiger partial charge in [-0.2, -0.15) is 0 Å². The van der Waals surface area contributed by atoms with Crippen LogP contribution in [0.25, 0.3) is 0 Å². The highest BCUT2D eigenvalue weighted by Gasteiger charge is 2.39. The summed E-state index contributed by atoms with van der Waals surface area (Å²) in [6.45, 7) is 1.24. The molecule has 6 N–H and O–H groups in total. The molecule has 45 heavy (non-hydrogen) atoms. The second-order valence-electron chi connectivity index (χ2n) is 10.5. The highest BCUT2D eigenvalue weighted by Crippen LogP contribution is 2.34. The smallest absolute Gasteiger partial charge is 0.247 e. The number of unbranched alkanes of at least 4 members (excludes halogenated alkanes) is 1. The number of amides is 3. The monoisotopic (exact) mass is 653 g/mol. The number of hydrazine groups is 1. The van der Waals surface area contributed by atoms with Crippen molar-refractivity contribution >= 4 is 69.9 Å². The van der Waals surface area contributed by atoms with E-state index in [0.717, 1.165) is 19.1 Å². The second kappa shape index (κ2) is 15.0. The molecule has 236 valence electrons. The quantitative estimate of drug-likeness (QED) is 0.0886. The minimum atomic E-state index is -1.12. The Labute approximate surface area is 270 Å². The molecule has 1 unspecified atom stereocenters. The van der Waals surface area contributed by atoms with Gasteiger partial charge in [0.25, 0.3) is 0 Å². The van der Waals surface area contributed by atoms with Crippen LogP contribution in [0.15, 0.2) is 71.9 Å². The minimum absolute atomic E-state index is 0.0115. The van der Waals surface area contributed by atoms with Gasteiger partial charge in [0.05, 0.1) is 11.4 Å². The summed E-state index contributed by atoms with van der Waals surface area (Å²) in [7, 11) is 0. The lowest BCUT2D eigenvalue weighted by molar-refractivity contribution is -0.143. The first kappa shape index (κ1) is 33.4. The van der Waals surface area contributed by atoms with Gasteiger partial charge in [-0.25, -0.2) is 10.2 Å². The van der Waals surface area contributed by atoms with Crippen molar-refractivity contribution in [3.05, 3.63) is 93.9 Å². The lowest BCUT2D eigenvalue weighted by Crippen LogP contribution is -2.60. The van der Waals surface area contributed by atoms with Crippen molar-refractivity contribution in [2.75, 3.05) is 34.0 Å². The van der Waals surface area contributed by atoms with Crippen molar-refractivity contribution in [2.24, 2.45) is 5.84 Å². The van der Waals surface area contributed by atoms with Gasteiger partial charge in [-0.15, -0.1) is 0 Å². The molecular formula is C32H34Cl2FN7O3. The lowest BCUT2D eigenvalue weighted by atomic mass is 10.0. The van der Waals surface area contributed by atoms with Crippen LogP contribution >= 0.6 is 23.2 Å². The van der Waals surface area contributed by atoms with Gasteiger partial charge in [0.2, 0.25) is 17.7 Å². The summed E-state index contributed by atoms with van der Waals surface area (Å²) in [5.41, 5.74) is 8.28. The Bertz CT molecular complexity index is 1620. The first-order valence-electron chi connectivity index (χ1n) is 14.3. The van der Waals surface area contributed by atoms with E-state index in [4.69, 9.17) is 40.2 Å². The number of nitrogen functional groups attached to an aromatic ring is 1. The highest BCUT2D eigenvalue weighted by atomic mass is 35.5. The summed E-state index contributed by atoms with van der Waals surface area (Å²) in [6.07, 6.45) is 5.08. The van der Waals surface area contributed by atoms with Crippen LogP contribution in [-0.4, -0.2) is 48.0 Å². The molecule has 13 heteroatoms. The molecule has 0 spiro atoms. The lowest BCUT2D eigenvalue weighted by Gasteiger charge is -2.39. The molecule has 0 aromatic heterocycles. The summed E-state index contributed by atoms with van der Waals surface area (Å²) < 4.78 is 13.6. The first-order chi connectivity index (χ1) is 21.5. The number of rotatable bonds is 12. The summed E-state index contributed by atoms with van der Waals surface area (Å²) in [5, 5.41) is 12.5. The van der Waals surface area contributed by atoms with Gasteiger partial charge in [0.15, 0.2) is 0 Å². The zero-order valence-electron chi connectivity index (χ0n) is 24.6. The van der Waals surface area contributed by atoms with Crippen LogP contribution in [0, 0.1) is 11.2 Å². The van der Waals surface area contributed by atoms with Crippen LogP contribution < -0.4 is 26.8 Å². The number of piperazine rings is 1. The van der Waals surface area contributed by atoms with E-state index < -0.39 is 36.1 Å². The summed E-state index contributed by atoms with van der Waals surface area (Å²) in [4.78, 5) is 43.5. The maximum Gasteiger partial charge on any atom is 0.247 e. The van der Waals surface area contributed by atoms with Crippen LogP contribution in [0.3, 0.4) is 0 Å². The molecule has 3 aromatic rings. The van der Waals surface area contributed by atoms with Gasteiger partial charge in [-0.05, 0) is 66.9 Å². The van der Waals surface area contributed by atoms with E-state index in [2.05, 4.69) is 5.32 Å². The zero-order chi connectivity index (χ0) is 32.7. The third kappa shape index (κ3) is 8.39. The van der Waals surface area contributed by atoms with E-state index in [0.29, 0.717) is 50.4 Å². The normalized spacial score (nSPS) is 14.4. The molecule has 10 nitrogen and oxygen atoms in total. The minimum Gasteiger partial charge on any atom is -0.398 e. The molecule has 0 radical (unpaired) electrons. The Hall–Kier alpha value is -4.45. The summed E-state index contributed by atoms with van der Waals surface area (Å²) >= 11 is 12.7. The Morgan fingerprint density at radius 3 is 2.53 bits per heavy atom. The molecule has 1 atom stereocenters. The van der Waals surface area contributed by atoms with Crippen LogP contribution in [0.4, 0.5) is 27.1 Å². The van der Waals surface area contributed by atoms with Crippen molar-refractivity contribution in [1.29, 1.82) is 5.41 Å². The van der Waals surface area contributed by atoms with Gasteiger partial charge in [0.1, 0.15) is 24.9 Å². The fraction of sp³-hybridized carbons (Fsp3) is 0.250. The molecule has 3 amide bonds. The number of allylic oxidation sites excluding steroid dienone is 1. The van der Waals surface area contributed by atoms with E-state index >= 15 is 0 Å². The largest absolute Gasteiger partial charge is 0.398 e. The third-order valence-corrected chi connectivity index (χ3v) is 7.83. The zero-order valence-corrected chi connectivity index (χ0v) is 26.1. The molecule has 1 aliphatic heterocycles. The molecule has 0 aliphatic carbocycles. The number of halogens is 3. The molecule has 0 saturated carbocycles. The maximum atomic E-state index is 13.7. The summed E-state index contributed by atoms with van der Waals surface area (Å²) in [6, 6.07) is 13.8. The van der Waals surface area contributed by atoms with Crippen molar-refractivity contribution in [1.82, 2.24) is 4.90 Å². The first-order valence-corrected chi connectivity index (χ1v) is 15.0. The van der Waals surface area contributed by atoms with Gasteiger partial charge < -0.3 is 21.4 Å². The SMILES string of the molecule is CCCC/C(Cl)=C\N(N)c1ccc(Cl)cc1N1CC(=O)N(C(Cc2ccc(F)cc2)C(=O)Nc2ccc(N)c(C=N)c2)CC1=O. The predicted molar refractivity (Wildman–Crippen MR) is 177 cm³/mol. The van der Waals surface area contributed by atoms with Gasteiger partial charge in [-0.1, -0.05) is 48.7 Å². The number of carbonyl (C=O) groups excluding carboxylic acids is 3. The topological polar surface area (TPSA) is 149 Å². The number of nitrogens with one attached hydrogen (secondary N) is 2. The number of carbonyl (C=O) groups is 3. The van der Waals surface area contributed by atoms with E-state index in [1.165, 1.54) is 51.2 Å². The molecule has 1 fully saturated rings. The number of anilines is 4. The van der Waals surface area contributed by atoms with Crippen molar-refractivity contribution in [2.45, 2.75) is 38.6 Å².